The number of benzene rings is 1. The van der Waals surface area contributed by atoms with E-state index in [0.29, 0.717) is 21.7 Å². The summed E-state index contributed by atoms with van der Waals surface area (Å²) in [6.45, 7) is 0. The molecule has 0 radical (unpaired) electrons. The Balaban J connectivity index is 0.00000196. The lowest BCUT2D eigenvalue weighted by Crippen LogP contribution is -2.36. The molecule has 0 saturated carbocycles. The van der Waals surface area contributed by atoms with Crippen molar-refractivity contribution in [3.05, 3.63) is 28.2 Å². The average molecular weight is 270 g/mol. The fraction of sp³-hybridized carbons (Fsp3) is 0.125. The van der Waals surface area contributed by atoms with Crippen LogP contribution in [0.2, 0.25) is 10.0 Å². The third kappa shape index (κ3) is 3.76. The molecule has 1 rings (SSSR count). The second kappa shape index (κ2) is 6.74. The monoisotopic (exact) mass is 268 g/mol. The van der Waals surface area contributed by atoms with Gasteiger partial charge in [-0.25, -0.2) is 5.84 Å². The Bertz CT molecular complexity index is 333. The minimum Gasteiger partial charge on any atom is -0.323 e. The van der Waals surface area contributed by atoms with Crippen LogP contribution in [0, 0.1) is 0 Å². The second-order valence-electron chi connectivity index (χ2n) is 2.44. The average Bonchev–Trinajstić information content (AvgIpc) is 2.18. The van der Waals surface area contributed by atoms with Gasteiger partial charge in [-0.05, 0) is 12.1 Å². The summed E-state index contributed by atoms with van der Waals surface area (Å²) in [6.07, 6.45) is 0. The molecule has 1 aromatic rings. The van der Waals surface area contributed by atoms with Gasteiger partial charge in [0.25, 0.3) is 0 Å². The molecule has 0 unspecified atom stereocenters. The van der Waals surface area contributed by atoms with Gasteiger partial charge in [0.15, 0.2) is 0 Å². The summed E-state index contributed by atoms with van der Waals surface area (Å²) in [6, 6.07) is 5.20. The van der Waals surface area contributed by atoms with Crippen LogP contribution in [-0.2, 0) is 0 Å². The van der Waals surface area contributed by atoms with Crippen LogP contribution in [0.25, 0.3) is 0 Å². The highest BCUT2D eigenvalue weighted by atomic mass is 35.5. The van der Waals surface area contributed by atoms with Crippen LogP contribution >= 0.6 is 35.6 Å². The van der Waals surface area contributed by atoms with E-state index in [1.54, 1.807) is 25.2 Å². The Labute approximate surface area is 104 Å². The van der Waals surface area contributed by atoms with Gasteiger partial charge in [-0.15, -0.1) is 12.4 Å². The summed E-state index contributed by atoms with van der Waals surface area (Å²) in [5.41, 5.74) is 2.95. The molecule has 0 aliphatic heterocycles. The molecule has 0 aromatic heterocycles. The normalized spacial score (nSPS) is 10.5. The number of hydrogen-bond donors (Lipinski definition) is 3. The van der Waals surface area contributed by atoms with E-state index in [1.165, 1.54) is 0 Å². The summed E-state index contributed by atoms with van der Waals surface area (Å²) in [4.78, 5) is 3.84. The third-order valence-corrected chi connectivity index (χ3v) is 2.20. The predicted octanol–water partition coefficient (Wildman–Crippen LogP) is 2.28. The van der Waals surface area contributed by atoms with Crippen LogP contribution in [-0.4, -0.2) is 13.0 Å². The maximum Gasteiger partial charge on any atom is 0.210 e. The minimum absolute atomic E-state index is 0. The van der Waals surface area contributed by atoms with Crippen molar-refractivity contribution < 1.29 is 0 Å². The van der Waals surface area contributed by atoms with Gasteiger partial charge in [0, 0.05) is 7.05 Å². The second-order valence-corrected chi connectivity index (χ2v) is 3.25. The van der Waals surface area contributed by atoms with Crippen molar-refractivity contribution in [3.63, 3.8) is 0 Å². The topological polar surface area (TPSA) is 62.4 Å². The molecule has 0 spiro atoms. The van der Waals surface area contributed by atoms with Crippen molar-refractivity contribution in [1.82, 2.24) is 5.43 Å². The fourth-order valence-corrected chi connectivity index (χ4v) is 1.38. The smallest absolute Gasteiger partial charge is 0.210 e. The molecule has 7 heteroatoms. The van der Waals surface area contributed by atoms with Crippen LogP contribution in [0.1, 0.15) is 0 Å². The van der Waals surface area contributed by atoms with Crippen molar-refractivity contribution in [3.8, 4) is 0 Å². The molecule has 15 heavy (non-hydrogen) atoms. The van der Waals surface area contributed by atoms with Crippen molar-refractivity contribution in [2.45, 2.75) is 0 Å². The first-order valence-electron chi connectivity index (χ1n) is 3.83. The van der Waals surface area contributed by atoms with Gasteiger partial charge >= 0.3 is 0 Å². The number of guanidine groups is 1. The highest BCUT2D eigenvalue weighted by molar-refractivity contribution is 6.39. The molecular formula is C8H11Cl3N4. The van der Waals surface area contributed by atoms with E-state index in [1.807, 2.05) is 0 Å². The van der Waals surface area contributed by atoms with E-state index in [-0.39, 0.29) is 12.4 Å². The van der Waals surface area contributed by atoms with E-state index >= 15 is 0 Å². The number of hydrazine groups is 1. The first-order valence-corrected chi connectivity index (χ1v) is 4.59. The van der Waals surface area contributed by atoms with Gasteiger partial charge in [0.2, 0.25) is 5.96 Å². The number of rotatable bonds is 1. The van der Waals surface area contributed by atoms with Crippen LogP contribution in [0.4, 0.5) is 5.69 Å². The first-order chi connectivity index (χ1) is 6.69. The zero-order valence-electron chi connectivity index (χ0n) is 7.92. The van der Waals surface area contributed by atoms with Crippen LogP contribution in [0.3, 0.4) is 0 Å². The lowest BCUT2D eigenvalue weighted by Gasteiger charge is -2.10. The minimum atomic E-state index is 0. The zero-order chi connectivity index (χ0) is 10.6. The van der Waals surface area contributed by atoms with Gasteiger partial charge in [-0.2, -0.15) is 0 Å². The molecule has 1 aromatic carbocycles. The highest BCUT2D eigenvalue weighted by Gasteiger charge is 2.06. The number of hydrogen-bond acceptors (Lipinski definition) is 2. The molecule has 4 N–H and O–H groups in total. The van der Waals surface area contributed by atoms with Crippen molar-refractivity contribution in [2.75, 3.05) is 12.4 Å². The molecule has 0 aliphatic rings. The molecule has 0 amide bonds. The van der Waals surface area contributed by atoms with Crippen molar-refractivity contribution in [1.29, 1.82) is 0 Å². The van der Waals surface area contributed by atoms with E-state index in [9.17, 15) is 0 Å². The Morgan fingerprint density at radius 2 is 1.87 bits per heavy atom. The van der Waals surface area contributed by atoms with Gasteiger partial charge in [0.1, 0.15) is 0 Å². The maximum atomic E-state index is 5.92. The number of anilines is 1. The van der Waals surface area contributed by atoms with Gasteiger partial charge in [0.05, 0.1) is 15.7 Å². The van der Waals surface area contributed by atoms with E-state index < -0.39 is 0 Å². The van der Waals surface area contributed by atoms with Gasteiger partial charge in [-0.1, -0.05) is 29.3 Å². The number of para-hydroxylation sites is 1. The molecule has 0 bridgehead atoms. The Morgan fingerprint density at radius 3 is 2.27 bits per heavy atom. The largest absolute Gasteiger partial charge is 0.323 e. The number of nitrogens with one attached hydrogen (secondary N) is 2. The molecule has 84 valence electrons. The van der Waals surface area contributed by atoms with Crippen molar-refractivity contribution in [2.24, 2.45) is 10.8 Å². The SMILES string of the molecule is CN=C(NN)Nc1c(Cl)cccc1Cl.Cl. The summed E-state index contributed by atoms with van der Waals surface area (Å²) in [7, 11) is 1.59. The Kier molecular flexibility index (Phi) is 6.43. The lowest BCUT2D eigenvalue weighted by molar-refractivity contribution is 1.01. The molecule has 0 saturated heterocycles. The van der Waals surface area contributed by atoms with E-state index in [2.05, 4.69) is 15.7 Å². The zero-order valence-corrected chi connectivity index (χ0v) is 10.2. The molecule has 4 nitrogen and oxygen atoms in total. The number of nitrogens with two attached hydrogens (primary N) is 1. The summed E-state index contributed by atoms with van der Waals surface area (Å²) < 4.78 is 0. The maximum absolute atomic E-state index is 5.92. The number of aliphatic imine (C=N–C) groups is 1. The summed E-state index contributed by atoms with van der Waals surface area (Å²) in [5.74, 6) is 5.59. The van der Waals surface area contributed by atoms with E-state index in [0.717, 1.165) is 0 Å². The molecule has 0 heterocycles. The predicted molar refractivity (Wildman–Crippen MR) is 68.0 cm³/mol. The first kappa shape index (κ1) is 14.3. The third-order valence-electron chi connectivity index (χ3n) is 1.57. The Morgan fingerprint density at radius 1 is 1.33 bits per heavy atom. The quantitative estimate of drug-likeness (QED) is 0.317. The number of nitrogens with zero attached hydrogens (tertiary/aromatic N) is 1. The lowest BCUT2D eigenvalue weighted by atomic mass is 10.3. The van der Waals surface area contributed by atoms with Crippen molar-refractivity contribution >= 4 is 47.3 Å². The summed E-state index contributed by atoms with van der Waals surface area (Å²) in [5, 5.41) is 3.88. The number of halogens is 3. The molecule has 0 aliphatic carbocycles. The Hall–Kier alpha value is -0.680. The molecule has 0 fully saturated rings. The standard InChI is InChI=1S/C8H10Cl2N4.ClH/c1-12-8(14-11)13-7-5(9)3-2-4-6(7)10;/h2-4H,11H2,1H3,(H2,12,13,14);1H. The van der Waals surface area contributed by atoms with Crippen LogP contribution in [0.15, 0.2) is 23.2 Å². The van der Waals surface area contributed by atoms with E-state index in [4.69, 9.17) is 29.0 Å². The summed E-state index contributed by atoms with van der Waals surface area (Å²) >= 11 is 11.8. The molecular weight excluding hydrogens is 258 g/mol. The molecule has 0 atom stereocenters. The van der Waals surface area contributed by atoms with Gasteiger partial charge < -0.3 is 5.32 Å². The van der Waals surface area contributed by atoms with Crippen LogP contribution < -0.4 is 16.6 Å². The fourth-order valence-electron chi connectivity index (χ4n) is 0.892. The van der Waals surface area contributed by atoms with Crippen LogP contribution in [0.5, 0.6) is 0 Å². The highest BCUT2D eigenvalue weighted by Crippen LogP contribution is 2.29. The van der Waals surface area contributed by atoms with Gasteiger partial charge in [-0.3, -0.25) is 10.4 Å².